The molecule has 5 nitrogen and oxygen atoms in total. The van der Waals surface area contributed by atoms with Crippen molar-refractivity contribution < 1.29 is 24.5 Å². The minimum Gasteiger partial charge on any atom is -0.508 e. The number of hydrogen-bond acceptors (Lipinski definition) is 4. The molecule has 7 heteroatoms. The quantitative estimate of drug-likeness (QED) is 0.527. The molecule has 3 unspecified atom stereocenters. The van der Waals surface area contributed by atoms with Crippen molar-refractivity contribution in [1.29, 1.82) is 0 Å². The number of benzene rings is 2. The summed E-state index contributed by atoms with van der Waals surface area (Å²) in [6, 6.07) is 12.3. The molecule has 1 aliphatic heterocycles. The van der Waals surface area contributed by atoms with Gasteiger partial charge in [-0.2, -0.15) is 0 Å². The van der Waals surface area contributed by atoms with Gasteiger partial charge in [-0.15, -0.1) is 0 Å². The molecule has 1 saturated heterocycles. The highest BCUT2D eigenvalue weighted by Gasteiger charge is 2.35. The molecule has 3 atom stereocenters. The summed E-state index contributed by atoms with van der Waals surface area (Å²) in [5, 5.41) is 19.9. The highest BCUT2D eigenvalue weighted by molar-refractivity contribution is 6.42. The van der Waals surface area contributed by atoms with E-state index in [1.807, 2.05) is 24.3 Å². The number of rotatable bonds is 7. The molecule has 154 valence electrons. The van der Waals surface area contributed by atoms with Gasteiger partial charge in [0.2, 0.25) is 0 Å². The molecule has 2 aromatic rings. The van der Waals surface area contributed by atoms with Crippen molar-refractivity contribution in [2.45, 2.75) is 31.7 Å². The van der Waals surface area contributed by atoms with E-state index >= 15 is 0 Å². The number of para-hydroxylation sites is 1. The fourth-order valence-corrected chi connectivity index (χ4v) is 3.69. The van der Waals surface area contributed by atoms with Gasteiger partial charge in [-0.25, -0.2) is 0 Å². The van der Waals surface area contributed by atoms with Gasteiger partial charge in [0.15, 0.2) is 6.29 Å². The fourth-order valence-electron chi connectivity index (χ4n) is 3.29. The maximum absolute atomic E-state index is 10.6. The fraction of sp³-hybridized carbons (Fsp3) is 0.318. The Bertz CT molecular complexity index is 883. The summed E-state index contributed by atoms with van der Waals surface area (Å²) in [7, 11) is 0. The van der Waals surface area contributed by atoms with Crippen LogP contribution in [0.15, 0.2) is 54.6 Å². The van der Waals surface area contributed by atoms with Gasteiger partial charge in [-0.3, -0.25) is 4.79 Å². The Kier molecular flexibility index (Phi) is 7.56. The van der Waals surface area contributed by atoms with Gasteiger partial charge in [-0.05, 0) is 25.0 Å². The number of carbonyl (C=O) groups is 1. The predicted molar refractivity (Wildman–Crippen MR) is 111 cm³/mol. The molecule has 29 heavy (non-hydrogen) atoms. The van der Waals surface area contributed by atoms with Crippen LogP contribution in [-0.2, 0) is 14.3 Å². The van der Waals surface area contributed by atoms with E-state index in [9.17, 15) is 9.90 Å². The van der Waals surface area contributed by atoms with Crippen LogP contribution in [0.2, 0.25) is 10.0 Å². The van der Waals surface area contributed by atoms with Gasteiger partial charge in [0.1, 0.15) is 5.75 Å². The van der Waals surface area contributed by atoms with Gasteiger partial charge >= 0.3 is 5.97 Å². The van der Waals surface area contributed by atoms with E-state index in [1.54, 1.807) is 30.3 Å². The maximum Gasteiger partial charge on any atom is 0.303 e. The molecule has 2 aromatic carbocycles. The highest BCUT2D eigenvalue weighted by Crippen LogP contribution is 2.44. The van der Waals surface area contributed by atoms with Crippen LogP contribution in [0.3, 0.4) is 0 Å². The van der Waals surface area contributed by atoms with Crippen LogP contribution in [0, 0.1) is 5.92 Å². The Balaban J connectivity index is 1.80. The van der Waals surface area contributed by atoms with Crippen LogP contribution in [0.25, 0.3) is 0 Å². The normalized spacial score (nSPS) is 22.1. The zero-order valence-corrected chi connectivity index (χ0v) is 17.1. The molecule has 0 saturated carbocycles. The maximum atomic E-state index is 10.6. The van der Waals surface area contributed by atoms with Crippen molar-refractivity contribution in [2.75, 3.05) is 6.61 Å². The van der Waals surface area contributed by atoms with Gasteiger partial charge in [0, 0.05) is 23.5 Å². The number of aliphatic carboxylic acids is 1. The monoisotopic (exact) mass is 436 g/mol. The molecule has 0 amide bonds. The van der Waals surface area contributed by atoms with Gasteiger partial charge < -0.3 is 19.7 Å². The first kappa shape index (κ1) is 21.7. The van der Waals surface area contributed by atoms with Crippen LogP contribution < -0.4 is 0 Å². The van der Waals surface area contributed by atoms with Crippen LogP contribution in [0.5, 0.6) is 5.75 Å². The van der Waals surface area contributed by atoms with Crippen molar-refractivity contribution in [1.82, 2.24) is 0 Å². The predicted octanol–water partition coefficient (Wildman–Crippen LogP) is 5.91. The van der Waals surface area contributed by atoms with E-state index < -0.39 is 18.4 Å². The lowest BCUT2D eigenvalue weighted by molar-refractivity contribution is -0.244. The van der Waals surface area contributed by atoms with Crippen molar-refractivity contribution >= 4 is 29.2 Å². The van der Waals surface area contributed by atoms with E-state index in [4.69, 9.17) is 37.8 Å². The number of allylic oxidation sites excluding steroid dienone is 2. The molecule has 3 rings (SSSR count). The van der Waals surface area contributed by atoms with E-state index in [2.05, 4.69) is 0 Å². The van der Waals surface area contributed by atoms with Crippen molar-refractivity contribution in [3.8, 4) is 5.75 Å². The molecule has 1 fully saturated rings. The molecule has 1 aliphatic rings. The average Bonchev–Trinajstić information content (AvgIpc) is 2.70. The Morgan fingerprint density at radius 1 is 1.10 bits per heavy atom. The van der Waals surface area contributed by atoms with Crippen LogP contribution in [0.4, 0.5) is 0 Å². The topological polar surface area (TPSA) is 76.0 Å². The Morgan fingerprint density at radius 2 is 1.86 bits per heavy atom. The molecule has 0 aliphatic carbocycles. The lowest BCUT2D eigenvalue weighted by Gasteiger charge is -2.37. The number of aromatic hydroxyl groups is 1. The zero-order valence-electron chi connectivity index (χ0n) is 15.6. The summed E-state index contributed by atoms with van der Waals surface area (Å²) in [4.78, 5) is 10.6. The van der Waals surface area contributed by atoms with E-state index in [0.717, 1.165) is 0 Å². The first-order chi connectivity index (χ1) is 14.0. The number of hydrogen-bond donors (Lipinski definition) is 2. The van der Waals surface area contributed by atoms with Crippen molar-refractivity contribution in [2.24, 2.45) is 5.92 Å². The molecular weight excluding hydrogens is 415 g/mol. The second-order valence-corrected chi connectivity index (χ2v) is 7.61. The minimum absolute atomic E-state index is 0.0569. The van der Waals surface area contributed by atoms with E-state index in [-0.39, 0.29) is 18.1 Å². The molecule has 0 spiro atoms. The molecule has 0 aromatic heterocycles. The Hall–Kier alpha value is -2.05. The third kappa shape index (κ3) is 5.52. The highest BCUT2D eigenvalue weighted by atomic mass is 35.5. The summed E-state index contributed by atoms with van der Waals surface area (Å²) in [5.41, 5.74) is 1.30. The van der Waals surface area contributed by atoms with Crippen molar-refractivity contribution in [3.63, 3.8) is 0 Å². The van der Waals surface area contributed by atoms with Gasteiger partial charge in [-0.1, -0.05) is 65.7 Å². The number of carboxylic acid groups (broad SMARTS) is 1. The molecule has 2 N–H and O–H groups in total. The molecule has 0 radical (unpaired) electrons. The number of phenolic OH excluding ortho intramolecular Hbond substituents is 1. The lowest BCUT2D eigenvalue weighted by atomic mass is 9.91. The first-order valence-corrected chi connectivity index (χ1v) is 10.1. The van der Waals surface area contributed by atoms with E-state index in [1.165, 1.54) is 0 Å². The molecule has 0 bridgehead atoms. The second-order valence-electron chi connectivity index (χ2n) is 6.82. The third-order valence-corrected chi connectivity index (χ3v) is 5.60. The number of carboxylic acids is 1. The van der Waals surface area contributed by atoms with Crippen LogP contribution >= 0.6 is 23.2 Å². The van der Waals surface area contributed by atoms with Gasteiger partial charge in [0.05, 0.1) is 22.8 Å². The smallest absolute Gasteiger partial charge is 0.303 e. The van der Waals surface area contributed by atoms with Crippen LogP contribution in [-0.4, -0.2) is 22.8 Å². The summed E-state index contributed by atoms with van der Waals surface area (Å²) < 4.78 is 12.2. The molecule has 1 heterocycles. The summed E-state index contributed by atoms with van der Waals surface area (Å²) in [6.45, 7) is 0.385. The molecular formula is C22H22Cl2O5. The first-order valence-electron chi connectivity index (χ1n) is 9.33. The summed E-state index contributed by atoms with van der Waals surface area (Å²) in [6.07, 6.45) is 3.81. The van der Waals surface area contributed by atoms with Crippen molar-refractivity contribution in [3.05, 3.63) is 75.8 Å². The number of halogens is 2. The Morgan fingerprint density at radius 3 is 2.62 bits per heavy atom. The minimum atomic E-state index is -0.827. The van der Waals surface area contributed by atoms with E-state index in [0.29, 0.717) is 40.6 Å². The number of phenols is 1. The number of ether oxygens (including phenoxy) is 2. The largest absolute Gasteiger partial charge is 0.508 e. The third-order valence-electron chi connectivity index (χ3n) is 4.77. The standard InChI is InChI=1S/C22H22Cl2O5/c23-17-10-6-9-16(20(17)24)22-28-13-14(7-2-1-3-12-19(26)27)21(29-22)15-8-4-5-11-18(15)25/h1-2,4-6,8-11,14,21-22,25H,3,7,12-13H2,(H,26,27). The summed E-state index contributed by atoms with van der Waals surface area (Å²) in [5.74, 6) is -0.735. The lowest BCUT2D eigenvalue weighted by Crippen LogP contribution is -2.30. The van der Waals surface area contributed by atoms with Crippen LogP contribution in [0.1, 0.15) is 42.8 Å². The summed E-state index contributed by atoms with van der Waals surface area (Å²) >= 11 is 12.5. The average molecular weight is 437 g/mol. The second kappa shape index (κ2) is 10.1. The zero-order chi connectivity index (χ0) is 20.8. The van der Waals surface area contributed by atoms with Gasteiger partial charge in [0.25, 0.3) is 0 Å². The Labute approximate surface area is 179 Å². The SMILES string of the molecule is O=C(O)CCC=CCC1COC(c2cccc(Cl)c2Cl)OC1c1ccccc1O.